The first-order valence-electron chi connectivity index (χ1n) is 4.94. The molecule has 0 unspecified atom stereocenters. The summed E-state index contributed by atoms with van der Waals surface area (Å²) in [7, 11) is 0. The van der Waals surface area contributed by atoms with Gasteiger partial charge in [-0.2, -0.15) is 0 Å². The molecule has 0 heterocycles. The summed E-state index contributed by atoms with van der Waals surface area (Å²) in [6.07, 6.45) is 0. The minimum atomic E-state index is -0.544. The molecule has 3 N–H and O–H groups in total. The Morgan fingerprint density at radius 1 is 1.11 bits per heavy atom. The lowest BCUT2D eigenvalue weighted by Gasteiger charge is -2.11. The van der Waals surface area contributed by atoms with Crippen molar-refractivity contribution in [2.24, 2.45) is 0 Å². The Balaban J connectivity index is 2.34. The van der Waals surface area contributed by atoms with Gasteiger partial charge in [0.2, 0.25) is 0 Å². The van der Waals surface area contributed by atoms with E-state index < -0.39 is 5.82 Å². The summed E-state index contributed by atoms with van der Waals surface area (Å²) in [5, 5.41) is 3.66. The molecule has 0 saturated heterocycles. The van der Waals surface area contributed by atoms with Crippen LogP contribution in [-0.4, -0.2) is 0 Å². The molecule has 0 atom stereocenters. The zero-order valence-corrected chi connectivity index (χ0v) is 12.1. The van der Waals surface area contributed by atoms with E-state index in [1.54, 1.807) is 18.2 Å². The van der Waals surface area contributed by atoms with E-state index in [1.807, 2.05) is 0 Å². The molecule has 0 spiro atoms. The summed E-state index contributed by atoms with van der Waals surface area (Å²) in [5.74, 6) is -0.544. The topological polar surface area (TPSA) is 38.0 Å². The molecule has 94 valence electrons. The Morgan fingerprint density at radius 3 is 2.50 bits per heavy atom. The number of benzene rings is 2. The molecule has 0 bridgehead atoms. The summed E-state index contributed by atoms with van der Waals surface area (Å²) in [6, 6.07) is 7.92. The van der Waals surface area contributed by atoms with Crippen LogP contribution in [0.5, 0.6) is 0 Å². The number of hydrogen-bond acceptors (Lipinski definition) is 2. The molecule has 0 amide bonds. The summed E-state index contributed by atoms with van der Waals surface area (Å²) < 4.78 is 13.9. The lowest BCUT2D eigenvalue weighted by atomic mass is 10.2. The van der Waals surface area contributed by atoms with Crippen molar-refractivity contribution < 1.29 is 4.39 Å². The second-order valence-electron chi connectivity index (χ2n) is 3.61. The minimum Gasteiger partial charge on any atom is -0.397 e. The van der Waals surface area contributed by atoms with Gasteiger partial charge in [0.15, 0.2) is 0 Å². The van der Waals surface area contributed by atoms with Gasteiger partial charge in [-0.05, 0) is 40.2 Å². The summed E-state index contributed by atoms with van der Waals surface area (Å²) in [4.78, 5) is 0. The Labute approximate surface area is 122 Å². The van der Waals surface area contributed by atoms with Gasteiger partial charge in [0.05, 0.1) is 21.4 Å². The van der Waals surface area contributed by atoms with Gasteiger partial charge < -0.3 is 11.1 Å². The summed E-state index contributed by atoms with van der Waals surface area (Å²) in [5.41, 5.74) is 7.29. The number of anilines is 3. The molecule has 0 fully saturated rings. The third-order valence-corrected chi connectivity index (χ3v) is 3.79. The van der Waals surface area contributed by atoms with E-state index in [1.165, 1.54) is 12.1 Å². The molecular weight excluding hydrogens is 342 g/mol. The highest BCUT2D eigenvalue weighted by Crippen LogP contribution is 2.31. The zero-order chi connectivity index (χ0) is 13.3. The smallest absolute Gasteiger partial charge is 0.143 e. The molecule has 0 aromatic heterocycles. The van der Waals surface area contributed by atoms with E-state index in [2.05, 4.69) is 21.2 Å². The largest absolute Gasteiger partial charge is 0.397 e. The van der Waals surface area contributed by atoms with Crippen molar-refractivity contribution in [3.8, 4) is 0 Å². The Kier molecular flexibility index (Phi) is 4.00. The molecule has 2 rings (SSSR count). The zero-order valence-electron chi connectivity index (χ0n) is 8.98. The van der Waals surface area contributed by atoms with Gasteiger partial charge >= 0.3 is 0 Å². The predicted molar refractivity (Wildman–Crippen MR) is 78.3 cm³/mol. The molecule has 2 nitrogen and oxygen atoms in total. The molecule has 0 saturated carbocycles. The van der Waals surface area contributed by atoms with Crippen LogP contribution in [0, 0.1) is 5.82 Å². The van der Waals surface area contributed by atoms with Gasteiger partial charge in [-0.15, -0.1) is 0 Å². The minimum absolute atomic E-state index is 0.0136. The van der Waals surface area contributed by atoms with Crippen molar-refractivity contribution in [1.82, 2.24) is 0 Å². The number of nitrogens with two attached hydrogens (primary N) is 1. The van der Waals surface area contributed by atoms with Crippen LogP contribution >= 0.6 is 39.1 Å². The van der Waals surface area contributed by atoms with Crippen LogP contribution in [0.2, 0.25) is 10.0 Å². The first-order chi connectivity index (χ1) is 8.47. The van der Waals surface area contributed by atoms with Gasteiger partial charge in [0.25, 0.3) is 0 Å². The van der Waals surface area contributed by atoms with E-state index in [9.17, 15) is 4.39 Å². The van der Waals surface area contributed by atoms with Crippen LogP contribution in [-0.2, 0) is 0 Å². The van der Waals surface area contributed by atoms with Crippen molar-refractivity contribution in [2.75, 3.05) is 11.1 Å². The third-order valence-electron chi connectivity index (χ3n) is 2.29. The fourth-order valence-electron chi connectivity index (χ4n) is 1.40. The van der Waals surface area contributed by atoms with Gasteiger partial charge in [-0.25, -0.2) is 4.39 Å². The molecule has 0 aliphatic heterocycles. The maximum atomic E-state index is 13.2. The maximum Gasteiger partial charge on any atom is 0.143 e. The van der Waals surface area contributed by atoms with E-state index in [4.69, 9.17) is 28.9 Å². The van der Waals surface area contributed by atoms with Crippen LogP contribution in [0.25, 0.3) is 0 Å². The second-order valence-corrected chi connectivity index (χ2v) is 5.28. The molecule has 2 aromatic carbocycles. The number of nitrogen functional groups attached to an aromatic ring is 1. The van der Waals surface area contributed by atoms with Crippen LogP contribution < -0.4 is 11.1 Å². The number of hydrogen-bond donors (Lipinski definition) is 2. The molecule has 2 aromatic rings. The fourth-order valence-corrected chi connectivity index (χ4v) is 2.06. The van der Waals surface area contributed by atoms with Crippen molar-refractivity contribution in [3.63, 3.8) is 0 Å². The van der Waals surface area contributed by atoms with Crippen LogP contribution in [0.1, 0.15) is 0 Å². The standard InChI is InChI=1S/C12H8BrCl2FN2/c13-7-3-6(1-2-8(7)14)18-12-4-9(15)10(16)5-11(12)17/h1-5,18H,17H2. The van der Waals surface area contributed by atoms with E-state index in [0.717, 1.165) is 10.2 Å². The summed E-state index contributed by atoms with van der Waals surface area (Å²) in [6.45, 7) is 0. The SMILES string of the molecule is Nc1cc(F)c(Cl)cc1Nc1ccc(Cl)c(Br)c1. The number of nitrogens with one attached hydrogen (secondary N) is 1. The van der Waals surface area contributed by atoms with Crippen LogP contribution in [0.4, 0.5) is 21.5 Å². The van der Waals surface area contributed by atoms with Gasteiger partial charge in [0, 0.05) is 16.2 Å². The quantitative estimate of drug-likeness (QED) is 0.729. The average molecular weight is 350 g/mol. The van der Waals surface area contributed by atoms with E-state index in [-0.39, 0.29) is 10.7 Å². The van der Waals surface area contributed by atoms with E-state index in [0.29, 0.717) is 10.7 Å². The second kappa shape index (κ2) is 5.34. The number of halogens is 4. The van der Waals surface area contributed by atoms with Crippen LogP contribution in [0.3, 0.4) is 0 Å². The molecule has 0 aliphatic rings. The Bertz CT molecular complexity index is 605. The third kappa shape index (κ3) is 2.88. The highest BCUT2D eigenvalue weighted by molar-refractivity contribution is 9.10. The van der Waals surface area contributed by atoms with Gasteiger partial charge in [-0.3, -0.25) is 0 Å². The lowest BCUT2D eigenvalue weighted by molar-refractivity contribution is 0.629. The fraction of sp³-hybridized carbons (Fsp3) is 0. The lowest BCUT2D eigenvalue weighted by Crippen LogP contribution is -1.97. The monoisotopic (exact) mass is 348 g/mol. The highest BCUT2D eigenvalue weighted by Gasteiger charge is 2.07. The molecular formula is C12H8BrCl2FN2. The van der Waals surface area contributed by atoms with Crippen molar-refractivity contribution >= 4 is 56.2 Å². The summed E-state index contributed by atoms with van der Waals surface area (Å²) >= 11 is 14.9. The molecule has 18 heavy (non-hydrogen) atoms. The first-order valence-corrected chi connectivity index (χ1v) is 6.49. The average Bonchev–Trinajstić information content (AvgIpc) is 2.31. The Morgan fingerprint density at radius 2 is 1.83 bits per heavy atom. The molecule has 0 radical (unpaired) electrons. The highest BCUT2D eigenvalue weighted by atomic mass is 79.9. The maximum absolute atomic E-state index is 13.2. The van der Waals surface area contributed by atoms with Crippen molar-refractivity contribution in [3.05, 3.63) is 50.7 Å². The normalized spacial score (nSPS) is 10.4. The van der Waals surface area contributed by atoms with Gasteiger partial charge in [-0.1, -0.05) is 23.2 Å². The predicted octanol–water partition coefficient (Wildman–Crippen LogP) is 5.22. The number of rotatable bonds is 2. The van der Waals surface area contributed by atoms with Crippen LogP contribution in [0.15, 0.2) is 34.8 Å². The van der Waals surface area contributed by atoms with Crippen molar-refractivity contribution in [1.29, 1.82) is 0 Å². The molecule has 6 heteroatoms. The first kappa shape index (κ1) is 13.5. The Hall–Kier alpha value is -0.970. The van der Waals surface area contributed by atoms with E-state index >= 15 is 0 Å². The van der Waals surface area contributed by atoms with Crippen molar-refractivity contribution in [2.45, 2.75) is 0 Å². The van der Waals surface area contributed by atoms with Gasteiger partial charge in [0.1, 0.15) is 5.82 Å². The molecule has 0 aliphatic carbocycles.